The van der Waals surface area contributed by atoms with Gasteiger partial charge in [-0.1, -0.05) is 31.0 Å². The fraction of sp³-hybridized carbons (Fsp3) is 0.455. The van der Waals surface area contributed by atoms with E-state index in [2.05, 4.69) is 25.8 Å². The van der Waals surface area contributed by atoms with Crippen molar-refractivity contribution in [1.29, 1.82) is 0 Å². The van der Waals surface area contributed by atoms with Crippen LogP contribution in [-0.2, 0) is 5.75 Å². The van der Waals surface area contributed by atoms with E-state index in [1.807, 2.05) is 18.2 Å². The minimum absolute atomic E-state index is 0.267. The van der Waals surface area contributed by atoms with E-state index in [-0.39, 0.29) is 5.69 Å². The number of methoxy groups -OCH3 is 1. The molecule has 3 rings (SSSR count). The quantitative estimate of drug-likeness (QED) is 0.178. The van der Waals surface area contributed by atoms with Gasteiger partial charge in [-0.3, -0.25) is 5.43 Å². The van der Waals surface area contributed by atoms with Crippen LogP contribution in [0.15, 0.2) is 34.5 Å². The first-order chi connectivity index (χ1) is 15.4. The van der Waals surface area contributed by atoms with Crippen molar-refractivity contribution in [2.45, 2.75) is 62.4 Å². The molecule has 0 atom stereocenters. The topological polar surface area (TPSA) is 71.4 Å². The van der Waals surface area contributed by atoms with E-state index in [0.717, 1.165) is 24.0 Å². The van der Waals surface area contributed by atoms with Crippen LogP contribution in [0, 0.1) is 6.92 Å². The molecular formula is C22H27F2N5OS2. The van der Waals surface area contributed by atoms with E-state index < -0.39 is 6.43 Å². The number of nitrogens with zero attached hydrogens (tertiary/aromatic N) is 3. The smallest absolute Gasteiger partial charge is 0.280 e. The third-order valence-corrected chi connectivity index (χ3v) is 6.16. The van der Waals surface area contributed by atoms with Gasteiger partial charge in [-0.15, -0.1) is 0 Å². The molecule has 1 aliphatic rings. The van der Waals surface area contributed by atoms with Crippen molar-refractivity contribution in [2.75, 3.05) is 7.11 Å². The summed E-state index contributed by atoms with van der Waals surface area (Å²) in [5.41, 5.74) is 4.85. The summed E-state index contributed by atoms with van der Waals surface area (Å²) in [4.78, 5) is 8.19. The standard InChI is InChI=1S/C22H27F2N5OS2/c1-14-10-18(20(23)24)28-22(26-14)32-13-16-11-15(8-9-19(16)30-2)12-25-29-21(31)27-17-6-4-3-5-7-17/h8-12,17,20H,3-7,13H2,1-2H3,(H2,27,29,31)/b25-12+. The monoisotopic (exact) mass is 479 g/mol. The van der Waals surface area contributed by atoms with Crippen LogP contribution in [-0.4, -0.2) is 34.4 Å². The van der Waals surface area contributed by atoms with Gasteiger partial charge in [-0.05, 0) is 61.8 Å². The average Bonchev–Trinajstić information content (AvgIpc) is 2.78. The molecule has 1 aromatic carbocycles. The third kappa shape index (κ3) is 7.37. The number of hydrazone groups is 1. The fourth-order valence-electron chi connectivity index (χ4n) is 3.51. The van der Waals surface area contributed by atoms with Crippen LogP contribution < -0.4 is 15.5 Å². The van der Waals surface area contributed by atoms with Crippen molar-refractivity contribution in [3.63, 3.8) is 0 Å². The van der Waals surface area contributed by atoms with E-state index in [1.54, 1.807) is 20.2 Å². The van der Waals surface area contributed by atoms with Gasteiger partial charge in [0.15, 0.2) is 10.3 Å². The molecule has 2 N–H and O–H groups in total. The van der Waals surface area contributed by atoms with Crippen molar-refractivity contribution in [3.05, 3.63) is 46.8 Å². The Labute approximate surface area is 196 Å². The summed E-state index contributed by atoms with van der Waals surface area (Å²) < 4.78 is 31.5. The molecule has 0 amide bonds. The maximum absolute atomic E-state index is 13.0. The molecular weight excluding hydrogens is 452 g/mol. The molecule has 32 heavy (non-hydrogen) atoms. The molecule has 1 saturated carbocycles. The largest absolute Gasteiger partial charge is 0.496 e. The Morgan fingerprint density at radius 3 is 2.78 bits per heavy atom. The molecule has 1 heterocycles. The number of hydrogen-bond donors (Lipinski definition) is 2. The number of nitrogens with one attached hydrogen (secondary N) is 2. The summed E-state index contributed by atoms with van der Waals surface area (Å²) in [5, 5.41) is 8.36. The molecule has 1 aliphatic carbocycles. The molecule has 0 saturated heterocycles. The van der Waals surface area contributed by atoms with Gasteiger partial charge in [-0.25, -0.2) is 18.7 Å². The first kappa shape index (κ1) is 24.3. The van der Waals surface area contributed by atoms with Crippen molar-refractivity contribution in [2.24, 2.45) is 5.10 Å². The molecule has 0 spiro atoms. The lowest BCUT2D eigenvalue weighted by Gasteiger charge is -2.23. The Hall–Kier alpha value is -2.33. The lowest BCUT2D eigenvalue weighted by Crippen LogP contribution is -2.40. The van der Waals surface area contributed by atoms with Gasteiger partial charge in [0.25, 0.3) is 6.43 Å². The van der Waals surface area contributed by atoms with Crippen LogP contribution in [0.5, 0.6) is 5.75 Å². The molecule has 0 radical (unpaired) electrons. The van der Waals surface area contributed by atoms with Crippen LogP contribution in [0.2, 0.25) is 0 Å². The summed E-state index contributed by atoms with van der Waals surface area (Å²) in [7, 11) is 1.59. The number of rotatable bonds is 8. The van der Waals surface area contributed by atoms with Crippen LogP contribution in [0.3, 0.4) is 0 Å². The summed E-state index contributed by atoms with van der Waals surface area (Å²) in [6.45, 7) is 1.68. The second-order valence-corrected chi connectivity index (χ2v) is 8.91. The molecule has 0 aliphatic heterocycles. The van der Waals surface area contributed by atoms with Gasteiger partial charge >= 0.3 is 0 Å². The average molecular weight is 480 g/mol. The van der Waals surface area contributed by atoms with Gasteiger partial charge in [0, 0.05) is 23.1 Å². The highest BCUT2D eigenvalue weighted by atomic mass is 32.2. The van der Waals surface area contributed by atoms with Gasteiger partial charge in [0.1, 0.15) is 11.4 Å². The van der Waals surface area contributed by atoms with E-state index in [9.17, 15) is 8.78 Å². The van der Waals surface area contributed by atoms with Crippen molar-refractivity contribution in [1.82, 2.24) is 20.7 Å². The zero-order valence-electron chi connectivity index (χ0n) is 18.1. The lowest BCUT2D eigenvalue weighted by atomic mass is 9.96. The third-order valence-electron chi connectivity index (χ3n) is 5.06. The van der Waals surface area contributed by atoms with Crippen LogP contribution >= 0.6 is 24.0 Å². The van der Waals surface area contributed by atoms with Gasteiger partial charge in [0.05, 0.1) is 13.3 Å². The Morgan fingerprint density at radius 1 is 1.28 bits per heavy atom. The van der Waals surface area contributed by atoms with Gasteiger partial charge < -0.3 is 10.1 Å². The summed E-state index contributed by atoms with van der Waals surface area (Å²) in [5.74, 6) is 1.16. The number of benzene rings is 1. The second kappa shape index (κ2) is 12.1. The van der Waals surface area contributed by atoms with E-state index in [0.29, 0.717) is 33.5 Å². The SMILES string of the molecule is COc1ccc(/C=N/NC(=S)NC2CCCCC2)cc1CSc1nc(C)cc(C(F)F)n1. The van der Waals surface area contributed by atoms with Crippen LogP contribution in [0.25, 0.3) is 0 Å². The zero-order valence-corrected chi connectivity index (χ0v) is 19.7. The maximum atomic E-state index is 13.0. The van der Waals surface area contributed by atoms with Crippen molar-refractivity contribution >= 4 is 35.3 Å². The normalized spacial score (nSPS) is 14.7. The molecule has 6 nitrogen and oxygen atoms in total. The first-order valence-electron chi connectivity index (χ1n) is 10.5. The Kier molecular flexibility index (Phi) is 9.16. The Morgan fingerprint density at radius 2 is 2.06 bits per heavy atom. The number of aromatic nitrogens is 2. The Bertz CT molecular complexity index is 952. The maximum Gasteiger partial charge on any atom is 0.280 e. The molecule has 10 heteroatoms. The van der Waals surface area contributed by atoms with Gasteiger partial charge in [-0.2, -0.15) is 5.10 Å². The summed E-state index contributed by atoms with van der Waals surface area (Å²) in [6.07, 6.45) is 5.07. The van der Waals surface area contributed by atoms with E-state index >= 15 is 0 Å². The number of alkyl halides is 2. The van der Waals surface area contributed by atoms with Crippen molar-refractivity contribution in [3.8, 4) is 5.75 Å². The molecule has 0 unspecified atom stereocenters. The molecule has 172 valence electrons. The van der Waals surface area contributed by atoms with Gasteiger partial charge in [0.2, 0.25) is 0 Å². The lowest BCUT2D eigenvalue weighted by molar-refractivity contribution is 0.145. The molecule has 1 fully saturated rings. The fourth-order valence-corrected chi connectivity index (χ4v) is 4.61. The minimum atomic E-state index is -2.63. The molecule has 2 aromatic rings. The highest BCUT2D eigenvalue weighted by molar-refractivity contribution is 7.98. The number of ether oxygens (including phenoxy) is 1. The zero-order chi connectivity index (χ0) is 22.9. The predicted octanol–water partition coefficient (Wildman–Crippen LogP) is 5.15. The van der Waals surface area contributed by atoms with E-state index in [1.165, 1.54) is 37.1 Å². The summed E-state index contributed by atoms with van der Waals surface area (Å²) >= 11 is 6.60. The number of aryl methyl sites for hydroxylation is 1. The number of hydrogen-bond acceptors (Lipinski definition) is 6. The minimum Gasteiger partial charge on any atom is -0.496 e. The molecule has 1 aromatic heterocycles. The number of thioether (sulfide) groups is 1. The highest BCUT2D eigenvalue weighted by Gasteiger charge is 2.14. The Balaban J connectivity index is 1.61. The highest BCUT2D eigenvalue weighted by Crippen LogP contribution is 2.28. The predicted molar refractivity (Wildman–Crippen MR) is 128 cm³/mol. The summed E-state index contributed by atoms with van der Waals surface area (Å²) in [6, 6.07) is 7.37. The first-order valence-corrected chi connectivity index (χ1v) is 11.9. The molecule has 0 bridgehead atoms. The number of halogens is 2. The second-order valence-electron chi connectivity index (χ2n) is 7.56. The number of thiocarbonyl (C=S) groups is 1. The van der Waals surface area contributed by atoms with Crippen LogP contribution in [0.4, 0.5) is 8.78 Å². The van der Waals surface area contributed by atoms with Crippen LogP contribution in [0.1, 0.15) is 61.0 Å². The van der Waals surface area contributed by atoms with Crippen molar-refractivity contribution < 1.29 is 13.5 Å². The van der Waals surface area contributed by atoms with E-state index in [4.69, 9.17) is 17.0 Å².